The maximum atomic E-state index is 12.4. The smallest absolute Gasteiger partial charge is 0.257 e. The number of likely N-dealkylation sites (N-methyl/N-ethyl adjacent to an activating group) is 1. The third-order valence-electron chi connectivity index (χ3n) is 3.35. The monoisotopic (exact) mass is 374 g/mol. The van der Waals surface area contributed by atoms with Crippen molar-refractivity contribution < 1.29 is 9.53 Å². The van der Waals surface area contributed by atoms with Gasteiger partial charge < -0.3 is 14.5 Å². The van der Waals surface area contributed by atoms with Crippen molar-refractivity contribution in [1.82, 2.24) is 9.80 Å². The van der Waals surface area contributed by atoms with Crippen LogP contribution in [0.2, 0.25) is 0 Å². The van der Waals surface area contributed by atoms with Crippen LogP contribution in [0.3, 0.4) is 0 Å². The van der Waals surface area contributed by atoms with Gasteiger partial charge in [-0.25, -0.2) is 0 Å². The Bertz CT molecular complexity index is 471. The zero-order chi connectivity index (χ0) is 14.0. The molecule has 1 saturated heterocycles. The fraction of sp³-hybridized carbons (Fsp3) is 0.500. The van der Waals surface area contributed by atoms with Gasteiger partial charge in [0.1, 0.15) is 5.75 Å². The average Bonchev–Trinajstić information content (AvgIpc) is 2.26. The van der Waals surface area contributed by atoms with E-state index in [1.807, 2.05) is 44.1 Å². The molecule has 2 rings (SSSR count). The Morgan fingerprint density at radius 3 is 2.74 bits per heavy atom. The molecule has 1 fully saturated rings. The standard InChI is InChI=1S/C14H19IN2O2/c1-4-19-13-7-10(15)5-6-12(13)14(18)17-8-11(9-17)16(2)3/h5-7,11H,4,8-9H2,1-3H3. The summed E-state index contributed by atoms with van der Waals surface area (Å²) in [5, 5.41) is 0. The van der Waals surface area contributed by atoms with Gasteiger partial charge >= 0.3 is 0 Å². The van der Waals surface area contributed by atoms with Crippen LogP contribution in [0.1, 0.15) is 17.3 Å². The van der Waals surface area contributed by atoms with E-state index >= 15 is 0 Å². The SMILES string of the molecule is CCOc1cc(I)ccc1C(=O)N1CC(N(C)C)C1. The topological polar surface area (TPSA) is 32.8 Å². The molecule has 1 aromatic rings. The Kier molecular flexibility index (Phi) is 4.67. The zero-order valence-electron chi connectivity index (χ0n) is 11.5. The van der Waals surface area contributed by atoms with Crippen molar-refractivity contribution in [3.8, 4) is 5.75 Å². The number of likely N-dealkylation sites (tertiary alicyclic amines) is 1. The fourth-order valence-corrected chi connectivity index (χ4v) is 2.53. The van der Waals surface area contributed by atoms with E-state index in [9.17, 15) is 4.79 Å². The molecular formula is C14H19IN2O2. The number of hydrogen-bond acceptors (Lipinski definition) is 3. The summed E-state index contributed by atoms with van der Waals surface area (Å²) in [6.45, 7) is 4.09. The lowest BCUT2D eigenvalue weighted by Crippen LogP contribution is -2.59. The molecule has 104 valence electrons. The number of halogens is 1. The van der Waals surface area contributed by atoms with Crippen LogP contribution in [0.5, 0.6) is 5.75 Å². The number of benzene rings is 1. The van der Waals surface area contributed by atoms with Gasteiger partial charge in [0.2, 0.25) is 0 Å². The molecule has 1 aliphatic rings. The van der Waals surface area contributed by atoms with Gasteiger partial charge in [-0.05, 0) is 61.8 Å². The number of carbonyl (C=O) groups is 1. The molecule has 0 N–H and O–H groups in total. The van der Waals surface area contributed by atoms with Crippen LogP contribution >= 0.6 is 22.6 Å². The van der Waals surface area contributed by atoms with E-state index in [-0.39, 0.29) is 5.91 Å². The Balaban J connectivity index is 2.11. The Morgan fingerprint density at radius 1 is 1.47 bits per heavy atom. The van der Waals surface area contributed by atoms with Crippen molar-refractivity contribution in [3.05, 3.63) is 27.3 Å². The molecule has 1 heterocycles. The van der Waals surface area contributed by atoms with Crippen LogP contribution in [-0.2, 0) is 0 Å². The second kappa shape index (κ2) is 6.09. The zero-order valence-corrected chi connectivity index (χ0v) is 13.7. The minimum Gasteiger partial charge on any atom is -0.493 e. The molecule has 0 radical (unpaired) electrons. The molecule has 0 bridgehead atoms. The Labute approximate surface area is 127 Å². The van der Waals surface area contributed by atoms with E-state index in [0.29, 0.717) is 24.0 Å². The summed E-state index contributed by atoms with van der Waals surface area (Å²) >= 11 is 2.23. The molecule has 1 aliphatic heterocycles. The largest absolute Gasteiger partial charge is 0.493 e. The first-order chi connectivity index (χ1) is 9.02. The quantitative estimate of drug-likeness (QED) is 0.757. The summed E-state index contributed by atoms with van der Waals surface area (Å²) < 4.78 is 6.65. The van der Waals surface area contributed by atoms with Gasteiger partial charge in [0.15, 0.2) is 0 Å². The van der Waals surface area contributed by atoms with Crippen molar-refractivity contribution in [2.45, 2.75) is 13.0 Å². The second-order valence-electron chi connectivity index (χ2n) is 4.90. The highest BCUT2D eigenvalue weighted by Crippen LogP contribution is 2.25. The van der Waals surface area contributed by atoms with Gasteiger partial charge in [0.05, 0.1) is 12.2 Å². The lowest BCUT2D eigenvalue weighted by Gasteiger charge is -2.42. The predicted molar refractivity (Wildman–Crippen MR) is 83.7 cm³/mol. The van der Waals surface area contributed by atoms with Gasteiger partial charge in [0, 0.05) is 22.7 Å². The molecule has 19 heavy (non-hydrogen) atoms. The molecule has 0 atom stereocenters. The lowest BCUT2D eigenvalue weighted by atomic mass is 10.1. The molecule has 0 spiro atoms. The summed E-state index contributed by atoms with van der Waals surface area (Å²) in [6, 6.07) is 6.20. The average molecular weight is 374 g/mol. The van der Waals surface area contributed by atoms with Gasteiger partial charge in [-0.1, -0.05) is 0 Å². The third-order valence-corrected chi connectivity index (χ3v) is 4.02. The van der Waals surface area contributed by atoms with Crippen LogP contribution in [0, 0.1) is 3.57 Å². The van der Waals surface area contributed by atoms with Gasteiger partial charge in [-0.15, -0.1) is 0 Å². The van der Waals surface area contributed by atoms with Crippen LogP contribution in [0.15, 0.2) is 18.2 Å². The molecule has 0 saturated carbocycles. The molecule has 1 amide bonds. The normalized spacial score (nSPS) is 15.5. The first-order valence-electron chi connectivity index (χ1n) is 6.41. The predicted octanol–water partition coefficient (Wildman–Crippen LogP) is 2.08. The van der Waals surface area contributed by atoms with Crippen molar-refractivity contribution in [1.29, 1.82) is 0 Å². The summed E-state index contributed by atoms with van der Waals surface area (Å²) in [7, 11) is 4.09. The molecule has 1 aromatic carbocycles. The highest BCUT2D eigenvalue weighted by molar-refractivity contribution is 14.1. The number of hydrogen-bond donors (Lipinski definition) is 0. The summed E-state index contributed by atoms with van der Waals surface area (Å²) in [6.07, 6.45) is 0. The van der Waals surface area contributed by atoms with Crippen LogP contribution in [0.4, 0.5) is 0 Å². The molecule has 0 unspecified atom stereocenters. The fourth-order valence-electron chi connectivity index (χ4n) is 2.07. The number of ether oxygens (including phenoxy) is 1. The van der Waals surface area contributed by atoms with Crippen LogP contribution in [-0.4, -0.2) is 55.5 Å². The summed E-state index contributed by atoms with van der Waals surface area (Å²) in [5.41, 5.74) is 0.666. The molecule has 0 aromatic heterocycles. The van der Waals surface area contributed by atoms with Gasteiger partial charge in [-0.3, -0.25) is 4.79 Å². The number of nitrogens with zero attached hydrogens (tertiary/aromatic N) is 2. The van der Waals surface area contributed by atoms with E-state index < -0.39 is 0 Å². The number of amides is 1. The van der Waals surface area contributed by atoms with E-state index in [4.69, 9.17) is 4.74 Å². The second-order valence-corrected chi connectivity index (χ2v) is 6.15. The van der Waals surface area contributed by atoms with Crippen molar-refractivity contribution >= 4 is 28.5 Å². The van der Waals surface area contributed by atoms with E-state index in [0.717, 1.165) is 16.7 Å². The summed E-state index contributed by atoms with van der Waals surface area (Å²) in [4.78, 5) is 16.5. The molecule has 4 nitrogen and oxygen atoms in total. The first-order valence-corrected chi connectivity index (χ1v) is 7.48. The highest BCUT2D eigenvalue weighted by atomic mass is 127. The lowest BCUT2D eigenvalue weighted by molar-refractivity contribution is 0.0396. The highest BCUT2D eigenvalue weighted by Gasteiger charge is 2.33. The van der Waals surface area contributed by atoms with Gasteiger partial charge in [0.25, 0.3) is 5.91 Å². The van der Waals surface area contributed by atoms with E-state index in [2.05, 4.69) is 27.5 Å². The minimum absolute atomic E-state index is 0.0675. The first kappa shape index (κ1) is 14.6. The van der Waals surface area contributed by atoms with Crippen LogP contribution in [0.25, 0.3) is 0 Å². The molecule has 5 heteroatoms. The van der Waals surface area contributed by atoms with E-state index in [1.165, 1.54) is 0 Å². The van der Waals surface area contributed by atoms with E-state index in [1.54, 1.807) is 0 Å². The van der Waals surface area contributed by atoms with Crippen molar-refractivity contribution in [2.75, 3.05) is 33.8 Å². The van der Waals surface area contributed by atoms with Gasteiger partial charge in [-0.2, -0.15) is 0 Å². The summed E-state index contributed by atoms with van der Waals surface area (Å²) in [5.74, 6) is 0.755. The van der Waals surface area contributed by atoms with Crippen molar-refractivity contribution in [2.24, 2.45) is 0 Å². The van der Waals surface area contributed by atoms with Crippen LogP contribution < -0.4 is 4.74 Å². The maximum Gasteiger partial charge on any atom is 0.257 e. The maximum absolute atomic E-state index is 12.4. The number of carbonyl (C=O) groups excluding carboxylic acids is 1. The van der Waals surface area contributed by atoms with Crippen molar-refractivity contribution in [3.63, 3.8) is 0 Å². The molecular weight excluding hydrogens is 355 g/mol. The number of rotatable bonds is 4. The minimum atomic E-state index is 0.0675. The Morgan fingerprint density at radius 2 is 2.16 bits per heavy atom. The third kappa shape index (κ3) is 3.20. The Hall–Kier alpha value is -0.820. The molecule has 0 aliphatic carbocycles.